The van der Waals surface area contributed by atoms with Crippen LogP contribution in [0.5, 0.6) is 5.75 Å². The van der Waals surface area contributed by atoms with Gasteiger partial charge in [-0.05, 0) is 43.2 Å². The number of ether oxygens (including phenoxy) is 1. The molecule has 1 aromatic heterocycles. The minimum atomic E-state index is -0.0481. The molecule has 1 aromatic carbocycles. The first-order valence-electron chi connectivity index (χ1n) is 8.40. The van der Waals surface area contributed by atoms with E-state index in [9.17, 15) is 4.79 Å². The van der Waals surface area contributed by atoms with E-state index in [-0.39, 0.29) is 11.8 Å². The standard InChI is InChI=1S/C18H21ClN4O2/c19-15-4-6-16(7-5-15)25-12-10-20-17(24)14-3-1-11-23(13-14)18-21-8-2-9-22-18/h2,4-9,14H,1,3,10-13H2,(H,20,24). The summed E-state index contributed by atoms with van der Waals surface area (Å²) < 4.78 is 5.59. The molecule has 25 heavy (non-hydrogen) atoms. The average molecular weight is 361 g/mol. The number of carbonyl (C=O) groups is 1. The maximum absolute atomic E-state index is 12.4. The number of hydrogen-bond donors (Lipinski definition) is 1. The first kappa shape index (κ1) is 17.5. The van der Waals surface area contributed by atoms with E-state index in [0.717, 1.165) is 25.1 Å². The zero-order valence-electron chi connectivity index (χ0n) is 13.9. The summed E-state index contributed by atoms with van der Waals surface area (Å²) in [6, 6.07) is 8.96. The Bertz CT molecular complexity index is 681. The molecule has 0 aliphatic carbocycles. The highest BCUT2D eigenvalue weighted by Gasteiger charge is 2.26. The van der Waals surface area contributed by atoms with Crippen LogP contribution in [0.4, 0.5) is 5.95 Å². The van der Waals surface area contributed by atoms with Crippen LogP contribution in [0.25, 0.3) is 0 Å². The smallest absolute Gasteiger partial charge is 0.225 e. The number of aromatic nitrogens is 2. The largest absolute Gasteiger partial charge is 0.492 e. The zero-order valence-corrected chi connectivity index (χ0v) is 14.7. The predicted molar refractivity (Wildman–Crippen MR) is 96.9 cm³/mol. The quantitative estimate of drug-likeness (QED) is 0.802. The molecule has 0 radical (unpaired) electrons. The van der Waals surface area contributed by atoms with Gasteiger partial charge in [0.05, 0.1) is 12.5 Å². The van der Waals surface area contributed by atoms with Gasteiger partial charge in [0.25, 0.3) is 0 Å². The highest BCUT2D eigenvalue weighted by Crippen LogP contribution is 2.20. The van der Waals surface area contributed by atoms with Crippen molar-refractivity contribution >= 4 is 23.5 Å². The minimum absolute atomic E-state index is 0.0481. The summed E-state index contributed by atoms with van der Waals surface area (Å²) in [4.78, 5) is 23.0. The number of halogens is 1. The summed E-state index contributed by atoms with van der Waals surface area (Å²) >= 11 is 5.83. The first-order valence-corrected chi connectivity index (χ1v) is 8.78. The van der Waals surface area contributed by atoms with Crippen molar-refractivity contribution in [2.45, 2.75) is 12.8 Å². The van der Waals surface area contributed by atoms with Crippen LogP contribution in [0, 0.1) is 5.92 Å². The lowest BCUT2D eigenvalue weighted by molar-refractivity contribution is -0.125. The van der Waals surface area contributed by atoms with Gasteiger partial charge < -0.3 is 15.0 Å². The molecule has 1 unspecified atom stereocenters. The van der Waals surface area contributed by atoms with Gasteiger partial charge >= 0.3 is 0 Å². The van der Waals surface area contributed by atoms with E-state index in [1.807, 2.05) is 12.1 Å². The minimum Gasteiger partial charge on any atom is -0.492 e. The first-order chi connectivity index (χ1) is 12.2. The van der Waals surface area contributed by atoms with Crippen LogP contribution < -0.4 is 15.0 Å². The van der Waals surface area contributed by atoms with E-state index < -0.39 is 0 Å². The molecule has 1 saturated heterocycles. The Labute approximate surface area is 152 Å². The van der Waals surface area contributed by atoms with Crippen LogP contribution in [0.1, 0.15) is 12.8 Å². The fraction of sp³-hybridized carbons (Fsp3) is 0.389. The molecule has 7 heteroatoms. The molecule has 0 bridgehead atoms. The third kappa shape index (κ3) is 5.06. The summed E-state index contributed by atoms with van der Waals surface area (Å²) in [5.74, 6) is 1.43. The maximum Gasteiger partial charge on any atom is 0.225 e. The molecule has 0 saturated carbocycles. The van der Waals surface area contributed by atoms with Crippen LogP contribution in [0.3, 0.4) is 0 Å². The number of rotatable bonds is 6. The molecule has 3 rings (SSSR count). The summed E-state index contributed by atoms with van der Waals surface area (Å²) in [5, 5.41) is 3.62. The normalized spacial score (nSPS) is 17.2. The number of piperidine rings is 1. The molecule has 0 spiro atoms. The second kappa shape index (κ2) is 8.67. The van der Waals surface area contributed by atoms with Crippen LogP contribution in [-0.4, -0.2) is 42.1 Å². The summed E-state index contributed by atoms with van der Waals surface area (Å²) in [5.41, 5.74) is 0. The predicted octanol–water partition coefficient (Wildman–Crippen LogP) is 2.54. The van der Waals surface area contributed by atoms with E-state index in [1.165, 1.54) is 0 Å². The summed E-state index contributed by atoms with van der Waals surface area (Å²) in [7, 11) is 0. The van der Waals surface area contributed by atoms with Gasteiger partial charge in [0.2, 0.25) is 11.9 Å². The van der Waals surface area contributed by atoms with Crippen LogP contribution in [0.2, 0.25) is 5.02 Å². The van der Waals surface area contributed by atoms with Gasteiger partial charge in [-0.15, -0.1) is 0 Å². The third-order valence-electron chi connectivity index (χ3n) is 4.11. The fourth-order valence-electron chi connectivity index (χ4n) is 2.85. The highest BCUT2D eigenvalue weighted by molar-refractivity contribution is 6.30. The number of amides is 1. The molecule has 132 valence electrons. The molecule has 1 aliphatic rings. The lowest BCUT2D eigenvalue weighted by Gasteiger charge is -2.31. The second-order valence-corrected chi connectivity index (χ2v) is 6.36. The van der Waals surface area contributed by atoms with Gasteiger partial charge in [-0.2, -0.15) is 0 Å². The van der Waals surface area contributed by atoms with E-state index in [0.29, 0.717) is 30.7 Å². The van der Waals surface area contributed by atoms with Crippen molar-refractivity contribution in [2.75, 3.05) is 31.1 Å². The number of hydrogen-bond acceptors (Lipinski definition) is 5. The number of nitrogens with zero attached hydrogens (tertiary/aromatic N) is 3. The molecular formula is C18H21ClN4O2. The highest BCUT2D eigenvalue weighted by atomic mass is 35.5. The molecule has 1 fully saturated rings. The number of nitrogens with one attached hydrogen (secondary N) is 1. The molecule has 2 aromatic rings. The van der Waals surface area contributed by atoms with Crippen molar-refractivity contribution in [3.8, 4) is 5.75 Å². The van der Waals surface area contributed by atoms with Gasteiger partial charge in [-0.3, -0.25) is 4.79 Å². The SMILES string of the molecule is O=C(NCCOc1ccc(Cl)cc1)C1CCCN(c2ncccn2)C1. The molecule has 1 atom stereocenters. The summed E-state index contributed by atoms with van der Waals surface area (Å²) in [6.07, 6.45) is 5.28. The Morgan fingerprint density at radius 3 is 2.80 bits per heavy atom. The van der Waals surface area contributed by atoms with Gasteiger partial charge in [0.15, 0.2) is 0 Å². The molecule has 1 N–H and O–H groups in total. The monoisotopic (exact) mass is 360 g/mol. The van der Waals surface area contributed by atoms with Gasteiger partial charge in [0.1, 0.15) is 12.4 Å². The van der Waals surface area contributed by atoms with Crippen molar-refractivity contribution in [3.63, 3.8) is 0 Å². The zero-order chi connectivity index (χ0) is 17.5. The lowest BCUT2D eigenvalue weighted by atomic mass is 9.97. The number of benzene rings is 1. The molecule has 1 amide bonds. The third-order valence-corrected chi connectivity index (χ3v) is 4.36. The maximum atomic E-state index is 12.4. The van der Waals surface area contributed by atoms with Crippen LogP contribution >= 0.6 is 11.6 Å². The van der Waals surface area contributed by atoms with Crippen molar-refractivity contribution < 1.29 is 9.53 Å². The van der Waals surface area contributed by atoms with E-state index >= 15 is 0 Å². The van der Waals surface area contributed by atoms with Crippen molar-refractivity contribution in [1.82, 2.24) is 15.3 Å². The van der Waals surface area contributed by atoms with Crippen molar-refractivity contribution in [2.24, 2.45) is 5.92 Å². The molecule has 1 aliphatic heterocycles. The van der Waals surface area contributed by atoms with Gasteiger partial charge in [-0.1, -0.05) is 11.6 Å². The second-order valence-electron chi connectivity index (χ2n) is 5.93. The number of anilines is 1. The summed E-state index contributed by atoms with van der Waals surface area (Å²) in [6.45, 7) is 2.42. The number of carbonyl (C=O) groups excluding carboxylic acids is 1. The molecule has 2 heterocycles. The Hall–Kier alpha value is -2.34. The van der Waals surface area contributed by atoms with Crippen molar-refractivity contribution in [1.29, 1.82) is 0 Å². The average Bonchev–Trinajstić information content (AvgIpc) is 2.67. The Morgan fingerprint density at radius 1 is 1.28 bits per heavy atom. The van der Waals surface area contributed by atoms with Gasteiger partial charge in [0, 0.05) is 30.5 Å². The van der Waals surface area contributed by atoms with E-state index in [4.69, 9.17) is 16.3 Å². The lowest BCUT2D eigenvalue weighted by Crippen LogP contribution is -2.44. The van der Waals surface area contributed by atoms with Crippen molar-refractivity contribution in [3.05, 3.63) is 47.7 Å². The van der Waals surface area contributed by atoms with Crippen LogP contribution in [0.15, 0.2) is 42.7 Å². The van der Waals surface area contributed by atoms with Crippen LogP contribution in [-0.2, 0) is 4.79 Å². The van der Waals surface area contributed by atoms with E-state index in [1.54, 1.807) is 30.6 Å². The van der Waals surface area contributed by atoms with E-state index in [2.05, 4.69) is 20.2 Å². The Morgan fingerprint density at radius 2 is 2.04 bits per heavy atom. The molecular weight excluding hydrogens is 340 g/mol. The topological polar surface area (TPSA) is 67.3 Å². The fourth-order valence-corrected chi connectivity index (χ4v) is 2.97. The molecule has 6 nitrogen and oxygen atoms in total. The Kier molecular flexibility index (Phi) is 6.06. The Balaban J connectivity index is 1.42. The van der Waals surface area contributed by atoms with Gasteiger partial charge in [-0.25, -0.2) is 9.97 Å².